The van der Waals surface area contributed by atoms with E-state index in [1.165, 1.54) is 32.0 Å². The zero-order valence-electron chi connectivity index (χ0n) is 23.0. The highest BCUT2D eigenvalue weighted by molar-refractivity contribution is 9.10. The predicted octanol–water partition coefficient (Wildman–Crippen LogP) is 5.12. The van der Waals surface area contributed by atoms with Gasteiger partial charge in [-0.05, 0) is 59.7 Å². The molecule has 0 spiro atoms. The lowest BCUT2D eigenvalue weighted by molar-refractivity contribution is 0.0955. The molecule has 0 bridgehead atoms. The summed E-state index contributed by atoms with van der Waals surface area (Å²) in [5.74, 6) is 0.232. The maximum Gasteiger partial charge on any atom is 0.332 e. The lowest BCUT2D eigenvalue weighted by Gasteiger charge is -2.13. The van der Waals surface area contributed by atoms with Gasteiger partial charge in [0.25, 0.3) is 11.5 Å². The molecule has 2 aromatic heterocycles. The van der Waals surface area contributed by atoms with Gasteiger partial charge in [-0.2, -0.15) is 10.1 Å². The van der Waals surface area contributed by atoms with Crippen molar-refractivity contribution in [3.05, 3.63) is 113 Å². The van der Waals surface area contributed by atoms with Crippen LogP contribution in [0, 0.1) is 0 Å². The fourth-order valence-corrected chi connectivity index (χ4v) is 5.15. The van der Waals surface area contributed by atoms with Crippen LogP contribution in [0.25, 0.3) is 11.2 Å². The van der Waals surface area contributed by atoms with Crippen molar-refractivity contribution in [2.75, 3.05) is 7.11 Å². The molecule has 5 rings (SSSR count). The number of nitrogens with one attached hydrogen (secondary N) is 1. The second kappa shape index (κ2) is 12.5. The van der Waals surface area contributed by atoms with E-state index in [0.29, 0.717) is 32.5 Å². The Kier molecular flexibility index (Phi) is 8.71. The van der Waals surface area contributed by atoms with Crippen molar-refractivity contribution in [1.82, 2.24) is 24.1 Å². The summed E-state index contributed by atoms with van der Waals surface area (Å²) >= 11 is 15.9. The summed E-state index contributed by atoms with van der Waals surface area (Å²) in [6, 6.07) is 16.9. The van der Waals surface area contributed by atoms with E-state index < -0.39 is 11.2 Å². The summed E-state index contributed by atoms with van der Waals surface area (Å²) in [6.45, 7) is 0.0972. The van der Waals surface area contributed by atoms with Crippen molar-refractivity contribution >= 4 is 62.4 Å². The number of aryl methyl sites for hydroxylation is 1. The third kappa shape index (κ3) is 6.21. The quantitative estimate of drug-likeness (QED) is 0.179. The largest absolute Gasteiger partial charge is 0.493 e. The minimum Gasteiger partial charge on any atom is -0.493 e. The molecular weight excluding hydrogens is 663 g/mol. The van der Waals surface area contributed by atoms with Crippen LogP contribution in [0.5, 0.6) is 17.5 Å². The van der Waals surface area contributed by atoms with E-state index in [9.17, 15) is 14.4 Å². The van der Waals surface area contributed by atoms with Gasteiger partial charge in [-0.3, -0.25) is 23.3 Å². The lowest BCUT2D eigenvalue weighted by Crippen LogP contribution is -2.37. The SMILES string of the molecule is COc1cc(/C=N\NC(=O)c2cccc(Br)c2)ccc1Oc1nc2c(c(=O)n(C)c(=O)n2C)n1Cc1ccc(Cl)cc1Cl. The Morgan fingerprint density at radius 2 is 1.84 bits per heavy atom. The van der Waals surface area contributed by atoms with Gasteiger partial charge in [0.1, 0.15) is 0 Å². The molecule has 43 heavy (non-hydrogen) atoms. The summed E-state index contributed by atoms with van der Waals surface area (Å²) in [6.07, 6.45) is 1.46. The topological polar surface area (TPSA) is 122 Å². The fraction of sp³-hybridized carbons (Fsp3) is 0.138. The zero-order chi connectivity index (χ0) is 30.8. The minimum absolute atomic E-state index is 0.0281. The number of ether oxygens (including phenoxy) is 2. The van der Waals surface area contributed by atoms with Crippen LogP contribution in [0.2, 0.25) is 10.0 Å². The molecule has 0 saturated heterocycles. The molecule has 2 heterocycles. The molecular formula is C29H23BrCl2N6O5. The minimum atomic E-state index is -0.547. The average molecular weight is 686 g/mol. The first-order valence-electron chi connectivity index (χ1n) is 12.6. The van der Waals surface area contributed by atoms with E-state index in [1.54, 1.807) is 59.2 Å². The van der Waals surface area contributed by atoms with Crippen LogP contribution in [0.15, 0.2) is 79.8 Å². The normalized spacial score (nSPS) is 11.3. The standard InChI is InChI=1S/C29H23BrCl2N6O5/c1-36-25-24(27(40)37(2)29(36)41)38(15-18-8-9-20(31)13-21(18)32)28(34-25)43-22-10-7-16(11-23(22)42-3)14-33-35-26(39)17-5-4-6-19(30)12-17/h4-14H,15H2,1-3H3,(H,35,39)/b33-14-. The van der Waals surface area contributed by atoms with Gasteiger partial charge < -0.3 is 9.47 Å². The van der Waals surface area contributed by atoms with Crippen LogP contribution in [0.4, 0.5) is 0 Å². The van der Waals surface area contributed by atoms with Crippen LogP contribution < -0.4 is 26.1 Å². The number of amides is 1. The number of nitrogens with zero attached hydrogens (tertiary/aromatic N) is 5. The maximum atomic E-state index is 13.2. The van der Waals surface area contributed by atoms with Crippen molar-refractivity contribution in [2.45, 2.75) is 6.54 Å². The summed E-state index contributed by atoms with van der Waals surface area (Å²) in [4.78, 5) is 42.8. The lowest BCUT2D eigenvalue weighted by atomic mass is 10.2. The van der Waals surface area contributed by atoms with Crippen LogP contribution in [0.3, 0.4) is 0 Å². The molecule has 1 amide bonds. The molecule has 1 N–H and O–H groups in total. The van der Waals surface area contributed by atoms with Crippen LogP contribution in [-0.2, 0) is 20.6 Å². The van der Waals surface area contributed by atoms with Crippen LogP contribution in [0.1, 0.15) is 21.5 Å². The number of hydrazone groups is 1. The Morgan fingerprint density at radius 3 is 2.56 bits per heavy atom. The third-order valence-electron chi connectivity index (χ3n) is 6.51. The highest BCUT2D eigenvalue weighted by Crippen LogP contribution is 2.34. The zero-order valence-corrected chi connectivity index (χ0v) is 26.1. The Balaban J connectivity index is 1.49. The van der Waals surface area contributed by atoms with Crippen molar-refractivity contribution in [3.8, 4) is 17.5 Å². The molecule has 5 aromatic rings. The van der Waals surface area contributed by atoms with Gasteiger partial charge in [-0.15, -0.1) is 0 Å². The number of hydrogen-bond donors (Lipinski definition) is 1. The Morgan fingerprint density at radius 1 is 1.05 bits per heavy atom. The van der Waals surface area contributed by atoms with Gasteiger partial charge in [-0.25, -0.2) is 10.2 Å². The van der Waals surface area contributed by atoms with E-state index in [1.807, 2.05) is 6.07 Å². The fourth-order valence-electron chi connectivity index (χ4n) is 4.28. The van der Waals surface area contributed by atoms with Gasteiger partial charge in [0.05, 0.1) is 19.9 Å². The maximum absolute atomic E-state index is 13.2. The molecule has 0 unspecified atom stereocenters. The number of rotatable bonds is 8. The van der Waals surface area contributed by atoms with E-state index in [-0.39, 0.29) is 35.4 Å². The molecule has 0 radical (unpaired) electrons. The molecule has 3 aromatic carbocycles. The number of imidazole rings is 1. The first-order chi connectivity index (χ1) is 20.6. The first kappa shape index (κ1) is 30.1. The number of carbonyl (C=O) groups is 1. The average Bonchev–Trinajstić information content (AvgIpc) is 3.34. The van der Waals surface area contributed by atoms with Gasteiger partial charge in [0.2, 0.25) is 0 Å². The Labute approximate surface area is 263 Å². The van der Waals surface area contributed by atoms with E-state index >= 15 is 0 Å². The molecule has 0 fully saturated rings. The first-order valence-corrected chi connectivity index (χ1v) is 14.2. The van der Waals surface area contributed by atoms with Crippen molar-refractivity contribution in [1.29, 1.82) is 0 Å². The number of fused-ring (bicyclic) bond motifs is 1. The van der Waals surface area contributed by atoms with Crippen LogP contribution >= 0.6 is 39.1 Å². The molecule has 220 valence electrons. The van der Waals surface area contributed by atoms with Gasteiger partial charge in [0.15, 0.2) is 22.7 Å². The number of aromatic nitrogens is 4. The summed E-state index contributed by atoms with van der Waals surface area (Å²) in [5, 5.41) is 4.88. The van der Waals surface area contributed by atoms with E-state index in [0.717, 1.165) is 9.04 Å². The Hall–Kier alpha value is -4.39. The molecule has 0 atom stereocenters. The summed E-state index contributed by atoms with van der Waals surface area (Å²) < 4.78 is 16.3. The van der Waals surface area contributed by atoms with Crippen molar-refractivity contribution in [2.24, 2.45) is 19.2 Å². The van der Waals surface area contributed by atoms with Gasteiger partial charge in [0, 0.05) is 34.2 Å². The van der Waals surface area contributed by atoms with E-state index in [2.05, 4.69) is 31.4 Å². The molecule has 14 heteroatoms. The van der Waals surface area contributed by atoms with Crippen molar-refractivity contribution in [3.63, 3.8) is 0 Å². The number of carbonyl (C=O) groups excluding carboxylic acids is 1. The second-order valence-electron chi connectivity index (χ2n) is 9.32. The highest BCUT2D eigenvalue weighted by atomic mass is 79.9. The molecule has 0 aliphatic carbocycles. The number of benzene rings is 3. The molecule has 0 saturated carbocycles. The molecule has 11 nitrogen and oxygen atoms in total. The number of halogens is 3. The summed E-state index contributed by atoms with van der Waals surface area (Å²) in [7, 11) is 4.38. The summed E-state index contributed by atoms with van der Waals surface area (Å²) in [5.41, 5.74) is 3.39. The predicted molar refractivity (Wildman–Crippen MR) is 168 cm³/mol. The van der Waals surface area contributed by atoms with Gasteiger partial charge >= 0.3 is 11.7 Å². The van der Waals surface area contributed by atoms with Crippen molar-refractivity contribution < 1.29 is 14.3 Å². The second-order valence-corrected chi connectivity index (χ2v) is 11.1. The smallest absolute Gasteiger partial charge is 0.332 e. The van der Waals surface area contributed by atoms with Gasteiger partial charge in [-0.1, -0.05) is 51.3 Å². The highest BCUT2D eigenvalue weighted by Gasteiger charge is 2.22. The van der Waals surface area contributed by atoms with Crippen LogP contribution in [-0.4, -0.2) is 37.9 Å². The molecule has 0 aliphatic rings. The third-order valence-corrected chi connectivity index (χ3v) is 7.59. The Bertz CT molecular complexity index is 2030. The number of methoxy groups -OCH3 is 1. The number of hydrogen-bond acceptors (Lipinski definition) is 7. The van der Waals surface area contributed by atoms with E-state index in [4.69, 9.17) is 32.7 Å². The molecule has 0 aliphatic heterocycles. The monoisotopic (exact) mass is 684 g/mol.